The standard InChI is InChI=1S/C11H13NO/c13-12-6-2-1-3-10-7-9-4-5-11(10)8-9/h4-5,7,9,11H,1-3,8H2. The van der Waals surface area contributed by atoms with Crippen molar-refractivity contribution in [1.29, 1.82) is 0 Å². The van der Waals surface area contributed by atoms with E-state index < -0.39 is 0 Å². The Morgan fingerprint density at radius 3 is 3.08 bits per heavy atom. The molecule has 0 radical (unpaired) electrons. The highest BCUT2D eigenvalue weighted by molar-refractivity contribution is 5.29. The summed E-state index contributed by atoms with van der Waals surface area (Å²) in [5.41, 5.74) is 1.56. The summed E-state index contributed by atoms with van der Waals surface area (Å²) in [7, 11) is 0. The number of hydrogen-bond acceptors (Lipinski definition) is 1. The van der Waals surface area contributed by atoms with Crippen molar-refractivity contribution in [3.05, 3.63) is 34.0 Å². The van der Waals surface area contributed by atoms with Crippen molar-refractivity contribution in [2.75, 3.05) is 0 Å². The first-order chi connectivity index (χ1) is 6.40. The number of fused-ring (bicyclic) bond motifs is 2. The molecular weight excluding hydrogens is 162 g/mol. The third kappa shape index (κ3) is 1.75. The molecule has 0 aliphatic heterocycles. The fraction of sp³-hybridized carbons (Fsp3) is 0.545. The van der Waals surface area contributed by atoms with Gasteiger partial charge >= 0.3 is 0 Å². The van der Waals surface area contributed by atoms with Crippen molar-refractivity contribution >= 4 is 0 Å². The molecule has 0 N–H and O–H groups in total. The maximum Gasteiger partial charge on any atom is 0.298 e. The van der Waals surface area contributed by atoms with Crippen molar-refractivity contribution in [3.8, 4) is 6.07 Å². The molecule has 68 valence electrons. The van der Waals surface area contributed by atoms with Crippen LogP contribution in [0.25, 0.3) is 5.01 Å². The summed E-state index contributed by atoms with van der Waals surface area (Å²) in [6.45, 7) is 0. The minimum Gasteiger partial charge on any atom is -0.498 e. The van der Waals surface area contributed by atoms with E-state index in [1.54, 1.807) is 5.57 Å². The van der Waals surface area contributed by atoms with Gasteiger partial charge in [-0.15, -0.1) is 0 Å². The largest absolute Gasteiger partial charge is 0.498 e. The number of hydrogen-bond donors (Lipinski definition) is 0. The molecule has 0 spiro atoms. The van der Waals surface area contributed by atoms with Crippen molar-refractivity contribution < 1.29 is 0 Å². The molecule has 2 rings (SSSR count). The van der Waals surface area contributed by atoms with E-state index in [-0.39, 0.29) is 0 Å². The minimum absolute atomic E-state index is 0.696. The van der Waals surface area contributed by atoms with Crippen LogP contribution in [0.15, 0.2) is 23.8 Å². The molecule has 2 heteroatoms. The fourth-order valence-electron chi connectivity index (χ4n) is 2.21. The molecule has 2 nitrogen and oxygen atoms in total. The van der Waals surface area contributed by atoms with E-state index in [4.69, 9.17) is 0 Å². The van der Waals surface area contributed by atoms with Gasteiger partial charge in [0.2, 0.25) is 0 Å². The highest BCUT2D eigenvalue weighted by Gasteiger charge is 2.26. The number of allylic oxidation sites excluding steroid dienone is 4. The molecule has 2 bridgehead atoms. The molecule has 0 heterocycles. The summed E-state index contributed by atoms with van der Waals surface area (Å²) >= 11 is 0. The normalized spacial score (nSPS) is 28.5. The Morgan fingerprint density at radius 1 is 1.54 bits per heavy atom. The molecule has 13 heavy (non-hydrogen) atoms. The number of nitrogens with zero attached hydrogens (tertiary/aromatic N) is 1. The second-order valence-corrected chi connectivity index (χ2v) is 3.74. The summed E-state index contributed by atoms with van der Waals surface area (Å²) in [5.74, 6) is 1.41. The first kappa shape index (κ1) is 8.37. The highest BCUT2D eigenvalue weighted by Crippen LogP contribution is 2.40. The lowest BCUT2D eigenvalue weighted by Crippen LogP contribution is -1.93. The Kier molecular flexibility index (Phi) is 2.35. The van der Waals surface area contributed by atoms with Gasteiger partial charge in [0.05, 0.1) is 6.42 Å². The molecular formula is C11H13NO. The lowest BCUT2D eigenvalue weighted by atomic mass is 9.98. The Morgan fingerprint density at radius 2 is 2.46 bits per heavy atom. The van der Waals surface area contributed by atoms with E-state index in [1.807, 2.05) is 0 Å². The molecule has 2 atom stereocenters. The molecule has 0 saturated carbocycles. The smallest absolute Gasteiger partial charge is 0.298 e. The van der Waals surface area contributed by atoms with Crippen LogP contribution in [0.3, 0.4) is 0 Å². The zero-order valence-corrected chi connectivity index (χ0v) is 7.57. The van der Waals surface area contributed by atoms with Crippen LogP contribution < -0.4 is 0 Å². The SMILES string of the molecule is [O-][N+]#CCCCC1=CC2C=CC1C2. The molecule has 0 aromatic carbocycles. The summed E-state index contributed by atoms with van der Waals surface area (Å²) in [5, 5.41) is 12.4. The molecule has 0 aromatic rings. The van der Waals surface area contributed by atoms with E-state index in [0.717, 1.165) is 12.8 Å². The first-order valence-electron chi connectivity index (χ1n) is 4.84. The van der Waals surface area contributed by atoms with Crippen molar-refractivity contribution in [2.45, 2.75) is 25.7 Å². The van der Waals surface area contributed by atoms with Gasteiger partial charge in [-0.2, -0.15) is 0 Å². The van der Waals surface area contributed by atoms with E-state index >= 15 is 0 Å². The van der Waals surface area contributed by atoms with Gasteiger partial charge < -0.3 is 5.21 Å². The van der Waals surface area contributed by atoms with Gasteiger partial charge in [-0.25, -0.2) is 0 Å². The number of rotatable bonds is 3. The molecule has 0 aromatic heterocycles. The molecule has 2 aliphatic rings. The van der Waals surface area contributed by atoms with Gasteiger partial charge in [0.15, 0.2) is 0 Å². The highest BCUT2D eigenvalue weighted by atomic mass is 16.4. The Labute approximate surface area is 78.3 Å². The summed E-state index contributed by atoms with van der Waals surface area (Å²) in [6.07, 6.45) is 11.1. The average Bonchev–Trinajstić information content (AvgIpc) is 2.73. The van der Waals surface area contributed by atoms with E-state index in [1.165, 1.54) is 6.42 Å². The molecule has 2 unspecified atom stereocenters. The lowest BCUT2D eigenvalue weighted by Gasteiger charge is -2.07. The second kappa shape index (κ2) is 3.66. The lowest BCUT2D eigenvalue weighted by molar-refractivity contribution is 0.681. The van der Waals surface area contributed by atoms with Gasteiger partial charge in [0, 0.05) is 5.01 Å². The third-order valence-corrected chi connectivity index (χ3v) is 2.84. The van der Waals surface area contributed by atoms with Crippen LogP contribution in [-0.4, -0.2) is 0 Å². The summed E-state index contributed by atoms with van der Waals surface area (Å²) < 4.78 is 0. The quantitative estimate of drug-likeness (QED) is 0.368. The van der Waals surface area contributed by atoms with E-state index in [2.05, 4.69) is 29.3 Å². The monoisotopic (exact) mass is 175 g/mol. The summed E-state index contributed by atoms with van der Waals surface area (Å²) in [4.78, 5) is 0. The first-order valence-corrected chi connectivity index (χ1v) is 4.84. The van der Waals surface area contributed by atoms with Crippen LogP contribution >= 0.6 is 0 Å². The number of unbranched alkanes of at least 4 members (excludes halogenated alkanes) is 1. The zero-order valence-electron chi connectivity index (χ0n) is 7.57. The van der Waals surface area contributed by atoms with Gasteiger partial charge in [0.25, 0.3) is 6.07 Å². The van der Waals surface area contributed by atoms with E-state index in [9.17, 15) is 5.21 Å². The molecule has 0 fully saturated rings. The predicted molar refractivity (Wildman–Crippen MR) is 53.3 cm³/mol. The molecule has 0 amide bonds. The minimum atomic E-state index is 0.696. The van der Waals surface area contributed by atoms with Gasteiger partial charge in [-0.05, 0) is 31.1 Å². The van der Waals surface area contributed by atoms with Crippen LogP contribution in [0, 0.1) is 23.1 Å². The second-order valence-electron chi connectivity index (χ2n) is 3.74. The van der Waals surface area contributed by atoms with Crippen LogP contribution in [0.2, 0.25) is 0 Å². The van der Waals surface area contributed by atoms with Crippen LogP contribution in [0.1, 0.15) is 25.7 Å². The van der Waals surface area contributed by atoms with Gasteiger partial charge in [0.1, 0.15) is 0 Å². The topological polar surface area (TPSA) is 27.4 Å². The summed E-state index contributed by atoms with van der Waals surface area (Å²) in [6, 6.07) is 2.44. The van der Waals surface area contributed by atoms with E-state index in [0.29, 0.717) is 18.3 Å². The Balaban J connectivity index is 1.77. The Bertz CT molecular complexity index is 306. The van der Waals surface area contributed by atoms with Crippen LogP contribution in [0.4, 0.5) is 0 Å². The zero-order chi connectivity index (χ0) is 9.10. The van der Waals surface area contributed by atoms with Crippen LogP contribution in [0.5, 0.6) is 0 Å². The molecule has 0 saturated heterocycles. The third-order valence-electron chi connectivity index (χ3n) is 2.84. The van der Waals surface area contributed by atoms with Crippen molar-refractivity contribution in [1.82, 2.24) is 0 Å². The van der Waals surface area contributed by atoms with Gasteiger partial charge in [-0.3, -0.25) is 0 Å². The fourth-order valence-corrected chi connectivity index (χ4v) is 2.21. The van der Waals surface area contributed by atoms with Crippen molar-refractivity contribution in [2.24, 2.45) is 11.8 Å². The Hall–Kier alpha value is -1.23. The van der Waals surface area contributed by atoms with Crippen molar-refractivity contribution in [3.63, 3.8) is 0 Å². The van der Waals surface area contributed by atoms with Gasteiger partial charge in [-0.1, -0.05) is 23.8 Å². The van der Waals surface area contributed by atoms with Crippen LogP contribution in [-0.2, 0) is 0 Å². The maximum absolute atomic E-state index is 9.74. The predicted octanol–water partition coefficient (Wildman–Crippen LogP) is 3.12. The maximum atomic E-state index is 9.74. The average molecular weight is 175 g/mol. The molecule has 2 aliphatic carbocycles.